The van der Waals surface area contributed by atoms with E-state index in [1.54, 1.807) is 6.20 Å². The number of hydrogen-bond acceptors (Lipinski definition) is 6. The van der Waals surface area contributed by atoms with E-state index < -0.39 is 0 Å². The highest BCUT2D eigenvalue weighted by atomic mass is 16.2. The molecule has 0 N–H and O–H groups in total. The molecule has 2 fully saturated rings. The highest BCUT2D eigenvalue weighted by Crippen LogP contribution is 2.23. The van der Waals surface area contributed by atoms with Gasteiger partial charge in [-0.15, -0.1) is 5.10 Å². The first-order valence-corrected chi connectivity index (χ1v) is 11.4. The van der Waals surface area contributed by atoms with Gasteiger partial charge < -0.3 is 9.80 Å². The molecule has 4 rings (SSSR count). The minimum Gasteiger partial charge on any atom is -0.351 e. The van der Waals surface area contributed by atoms with Crippen LogP contribution in [0.1, 0.15) is 24.0 Å². The van der Waals surface area contributed by atoms with Crippen molar-refractivity contribution in [1.82, 2.24) is 24.9 Å². The van der Waals surface area contributed by atoms with Gasteiger partial charge >= 0.3 is 0 Å². The van der Waals surface area contributed by atoms with Crippen molar-refractivity contribution in [3.63, 3.8) is 0 Å². The van der Waals surface area contributed by atoms with Crippen molar-refractivity contribution in [2.45, 2.75) is 32.4 Å². The standard InChI is InChI=1S/C24H34N6O/c1-20-7-3-4-8-21(20)17-28-13-15-29(16-14-28)24(31)19-27(2)18-22-9-6-12-30(22)23-10-5-11-25-26-23/h3-5,7-8,10-11,22H,6,9,12-19H2,1-2H3. The van der Waals surface area contributed by atoms with Gasteiger partial charge in [-0.2, -0.15) is 5.10 Å². The number of aryl methyl sites for hydroxylation is 1. The first-order valence-electron chi connectivity index (χ1n) is 11.4. The molecule has 7 heteroatoms. The Morgan fingerprint density at radius 3 is 2.65 bits per heavy atom. The molecule has 31 heavy (non-hydrogen) atoms. The lowest BCUT2D eigenvalue weighted by Crippen LogP contribution is -2.51. The second kappa shape index (κ2) is 10.2. The number of nitrogens with zero attached hydrogens (tertiary/aromatic N) is 6. The van der Waals surface area contributed by atoms with E-state index in [2.05, 4.69) is 63.1 Å². The van der Waals surface area contributed by atoms with E-state index in [0.29, 0.717) is 12.6 Å². The van der Waals surface area contributed by atoms with Gasteiger partial charge in [0, 0.05) is 58.1 Å². The van der Waals surface area contributed by atoms with Crippen LogP contribution in [-0.2, 0) is 11.3 Å². The van der Waals surface area contributed by atoms with Crippen molar-refractivity contribution in [3.8, 4) is 0 Å². The van der Waals surface area contributed by atoms with Gasteiger partial charge in [0.05, 0.1) is 6.54 Å². The Kier molecular flexibility index (Phi) is 7.14. The summed E-state index contributed by atoms with van der Waals surface area (Å²) < 4.78 is 0. The molecule has 0 saturated carbocycles. The van der Waals surface area contributed by atoms with E-state index >= 15 is 0 Å². The van der Waals surface area contributed by atoms with Crippen molar-refractivity contribution < 1.29 is 4.79 Å². The topological polar surface area (TPSA) is 55.8 Å². The van der Waals surface area contributed by atoms with Crippen LogP contribution in [0.15, 0.2) is 42.6 Å². The van der Waals surface area contributed by atoms with Crippen LogP contribution in [0.5, 0.6) is 0 Å². The Hall–Kier alpha value is -2.51. The summed E-state index contributed by atoms with van der Waals surface area (Å²) in [6.45, 7) is 8.99. The molecule has 166 valence electrons. The van der Waals surface area contributed by atoms with Crippen molar-refractivity contribution in [2.24, 2.45) is 0 Å². The predicted molar refractivity (Wildman–Crippen MR) is 123 cm³/mol. The van der Waals surface area contributed by atoms with Gasteiger partial charge in [-0.3, -0.25) is 14.6 Å². The van der Waals surface area contributed by atoms with Crippen LogP contribution in [-0.4, -0.2) is 89.7 Å². The maximum Gasteiger partial charge on any atom is 0.236 e. The molecule has 2 aliphatic heterocycles. The largest absolute Gasteiger partial charge is 0.351 e. The second-order valence-corrected chi connectivity index (χ2v) is 8.85. The smallest absolute Gasteiger partial charge is 0.236 e. The maximum atomic E-state index is 12.9. The number of amides is 1. The van der Waals surface area contributed by atoms with Gasteiger partial charge in [-0.1, -0.05) is 24.3 Å². The third-order valence-electron chi connectivity index (χ3n) is 6.54. The van der Waals surface area contributed by atoms with Gasteiger partial charge in [0.25, 0.3) is 0 Å². The number of piperazine rings is 1. The van der Waals surface area contributed by atoms with Gasteiger partial charge in [0.2, 0.25) is 5.91 Å². The van der Waals surface area contributed by atoms with E-state index in [0.717, 1.165) is 64.5 Å². The summed E-state index contributed by atoms with van der Waals surface area (Å²) in [6, 6.07) is 12.9. The summed E-state index contributed by atoms with van der Waals surface area (Å²) >= 11 is 0. The summed E-state index contributed by atoms with van der Waals surface area (Å²) in [5.41, 5.74) is 2.72. The molecule has 2 saturated heterocycles. The fraction of sp³-hybridized carbons (Fsp3) is 0.542. The number of carbonyl (C=O) groups is 1. The molecular weight excluding hydrogens is 388 g/mol. The number of rotatable bonds is 7. The van der Waals surface area contributed by atoms with E-state index in [1.807, 2.05) is 17.0 Å². The highest BCUT2D eigenvalue weighted by Gasteiger charge is 2.28. The minimum atomic E-state index is 0.238. The Balaban J connectivity index is 1.23. The summed E-state index contributed by atoms with van der Waals surface area (Å²) in [6.07, 6.45) is 4.00. The van der Waals surface area contributed by atoms with Gasteiger partial charge in [-0.25, -0.2) is 0 Å². The SMILES string of the molecule is Cc1ccccc1CN1CCN(C(=O)CN(C)CC2CCCN2c2cccnn2)CC1. The number of hydrogen-bond donors (Lipinski definition) is 0. The molecular formula is C24H34N6O. The molecule has 0 spiro atoms. The molecule has 0 bridgehead atoms. The van der Waals surface area contributed by atoms with Crippen LogP contribution in [0, 0.1) is 6.92 Å². The molecule has 7 nitrogen and oxygen atoms in total. The zero-order valence-corrected chi connectivity index (χ0v) is 18.8. The average Bonchev–Trinajstić information content (AvgIpc) is 3.24. The summed E-state index contributed by atoms with van der Waals surface area (Å²) in [7, 11) is 2.06. The molecule has 1 atom stereocenters. The molecule has 0 aliphatic carbocycles. The van der Waals surface area contributed by atoms with Gasteiger partial charge in [0.1, 0.15) is 0 Å². The lowest BCUT2D eigenvalue weighted by atomic mass is 10.1. The number of carbonyl (C=O) groups excluding carboxylic acids is 1. The van der Waals surface area contributed by atoms with Crippen molar-refractivity contribution in [2.75, 3.05) is 57.8 Å². The van der Waals surface area contributed by atoms with E-state index in [1.165, 1.54) is 11.1 Å². The Morgan fingerprint density at radius 2 is 1.90 bits per heavy atom. The minimum absolute atomic E-state index is 0.238. The molecule has 1 amide bonds. The summed E-state index contributed by atoms with van der Waals surface area (Å²) in [5, 5.41) is 8.29. The van der Waals surface area contributed by atoms with Crippen LogP contribution in [0.3, 0.4) is 0 Å². The molecule has 1 aromatic heterocycles. The number of benzene rings is 1. The molecule has 0 radical (unpaired) electrons. The third-order valence-corrected chi connectivity index (χ3v) is 6.54. The van der Waals surface area contributed by atoms with E-state index in [-0.39, 0.29) is 5.91 Å². The van der Waals surface area contributed by atoms with Crippen LogP contribution >= 0.6 is 0 Å². The first kappa shape index (κ1) is 21.7. The average molecular weight is 423 g/mol. The zero-order valence-electron chi connectivity index (χ0n) is 18.8. The first-order chi connectivity index (χ1) is 15.1. The van der Waals surface area contributed by atoms with Crippen LogP contribution in [0.4, 0.5) is 5.82 Å². The number of anilines is 1. The fourth-order valence-electron chi connectivity index (χ4n) is 4.71. The number of likely N-dealkylation sites (N-methyl/N-ethyl adjacent to an activating group) is 1. The Labute approximate surface area is 185 Å². The van der Waals surface area contributed by atoms with Crippen LogP contribution < -0.4 is 4.90 Å². The lowest BCUT2D eigenvalue weighted by molar-refractivity contribution is -0.134. The van der Waals surface area contributed by atoms with E-state index in [9.17, 15) is 4.79 Å². The maximum absolute atomic E-state index is 12.9. The number of aromatic nitrogens is 2. The van der Waals surface area contributed by atoms with Crippen LogP contribution in [0.2, 0.25) is 0 Å². The molecule has 1 unspecified atom stereocenters. The van der Waals surface area contributed by atoms with Crippen LogP contribution in [0.25, 0.3) is 0 Å². The van der Waals surface area contributed by atoms with E-state index in [4.69, 9.17) is 0 Å². The lowest BCUT2D eigenvalue weighted by Gasteiger charge is -2.36. The van der Waals surface area contributed by atoms with Gasteiger partial charge in [0.15, 0.2) is 5.82 Å². The zero-order chi connectivity index (χ0) is 21.6. The molecule has 3 heterocycles. The Morgan fingerprint density at radius 1 is 1.10 bits per heavy atom. The summed E-state index contributed by atoms with van der Waals surface area (Å²) in [4.78, 5) is 21.9. The normalized spacial score (nSPS) is 19.9. The quantitative estimate of drug-likeness (QED) is 0.681. The third kappa shape index (κ3) is 5.60. The summed E-state index contributed by atoms with van der Waals surface area (Å²) in [5.74, 6) is 1.18. The van der Waals surface area contributed by atoms with Crippen molar-refractivity contribution >= 4 is 11.7 Å². The van der Waals surface area contributed by atoms with Crippen molar-refractivity contribution in [1.29, 1.82) is 0 Å². The fourth-order valence-corrected chi connectivity index (χ4v) is 4.71. The second-order valence-electron chi connectivity index (χ2n) is 8.85. The predicted octanol–water partition coefficient (Wildman–Crippen LogP) is 2.03. The Bertz CT molecular complexity index is 852. The van der Waals surface area contributed by atoms with Gasteiger partial charge in [-0.05, 0) is 50.1 Å². The highest BCUT2D eigenvalue weighted by molar-refractivity contribution is 5.78. The molecule has 2 aromatic rings. The monoisotopic (exact) mass is 422 g/mol. The van der Waals surface area contributed by atoms with Crippen molar-refractivity contribution in [3.05, 3.63) is 53.7 Å². The molecule has 1 aromatic carbocycles. The molecule has 2 aliphatic rings.